The van der Waals surface area contributed by atoms with E-state index >= 15 is 0 Å². The SMILES string of the molecule is COCCNC(=O)C(COC(=O)NCCC(=O)O)NC(=O)CNC(=O)CCC(=O)OC(C)(C)C. The second kappa shape index (κ2) is 16.2. The van der Waals surface area contributed by atoms with Crippen LogP contribution in [0.3, 0.4) is 0 Å². The van der Waals surface area contributed by atoms with Crippen LogP contribution in [-0.4, -0.2) is 92.5 Å². The quantitative estimate of drug-likeness (QED) is 0.135. The number of esters is 1. The first-order valence-electron chi connectivity index (χ1n) is 10.5. The van der Waals surface area contributed by atoms with Crippen molar-refractivity contribution in [3.05, 3.63) is 0 Å². The Hall–Kier alpha value is -3.42. The number of carbonyl (C=O) groups excluding carboxylic acids is 5. The number of ether oxygens (including phenoxy) is 3. The van der Waals surface area contributed by atoms with Crippen LogP contribution in [0.2, 0.25) is 0 Å². The molecular weight excluding hydrogens is 456 g/mol. The lowest BCUT2D eigenvalue weighted by Crippen LogP contribution is -2.52. The first-order valence-corrected chi connectivity index (χ1v) is 10.5. The molecule has 0 aliphatic carbocycles. The molecule has 34 heavy (non-hydrogen) atoms. The molecule has 1 atom stereocenters. The van der Waals surface area contributed by atoms with Gasteiger partial charge in [-0.25, -0.2) is 4.79 Å². The number of nitrogens with one attached hydrogen (secondary N) is 4. The van der Waals surface area contributed by atoms with Crippen molar-refractivity contribution in [1.29, 1.82) is 0 Å². The summed E-state index contributed by atoms with van der Waals surface area (Å²) in [5.41, 5.74) is -0.679. The van der Waals surface area contributed by atoms with E-state index in [1.807, 2.05) is 0 Å². The minimum Gasteiger partial charge on any atom is -0.481 e. The lowest BCUT2D eigenvalue weighted by Gasteiger charge is -2.19. The van der Waals surface area contributed by atoms with Gasteiger partial charge in [0, 0.05) is 26.6 Å². The minimum absolute atomic E-state index is 0.133. The summed E-state index contributed by atoms with van der Waals surface area (Å²) in [5.74, 6) is -3.65. The molecule has 5 N–H and O–H groups in total. The Morgan fingerprint density at radius 1 is 0.882 bits per heavy atom. The second-order valence-corrected chi connectivity index (χ2v) is 7.94. The van der Waals surface area contributed by atoms with Crippen LogP contribution in [0.5, 0.6) is 0 Å². The molecular formula is C20H34N4O10. The largest absolute Gasteiger partial charge is 0.481 e. The van der Waals surface area contributed by atoms with Gasteiger partial charge in [-0.2, -0.15) is 0 Å². The van der Waals surface area contributed by atoms with Gasteiger partial charge in [-0.3, -0.25) is 24.0 Å². The molecule has 194 valence electrons. The van der Waals surface area contributed by atoms with E-state index in [4.69, 9.17) is 19.3 Å². The summed E-state index contributed by atoms with van der Waals surface area (Å²) in [5, 5.41) is 17.9. The van der Waals surface area contributed by atoms with E-state index in [0.717, 1.165) is 0 Å². The van der Waals surface area contributed by atoms with E-state index in [-0.39, 0.29) is 39.0 Å². The highest BCUT2D eigenvalue weighted by Crippen LogP contribution is 2.08. The molecule has 0 aliphatic heterocycles. The number of carboxylic acid groups (broad SMARTS) is 1. The van der Waals surface area contributed by atoms with E-state index in [1.165, 1.54) is 7.11 Å². The van der Waals surface area contributed by atoms with Crippen molar-refractivity contribution in [1.82, 2.24) is 21.3 Å². The lowest BCUT2D eigenvalue weighted by molar-refractivity contribution is -0.155. The molecule has 0 fully saturated rings. The number of alkyl carbamates (subject to hydrolysis) is 1. The third-order valence-corrected chi connectivity index (χ3v) is 3.67. The molecule has 0 radical (unpaired) electrons. The van der Waals surface area contributed by atoms with Crippen molar-refractivity contribution in [2.24, 2.45) is 0 Å². The molecule has 0 rings (SSSR count). The third-order valence-electron chi connectivity index (χ3n) is 3.67. The van der Waals surface area contributed by atoms with Crippen LogP contribution < -0.4 is 21.3 Å². The number of aliphatic carboxylic acids is 1. The van der Waals surface area contributed by atoms with Crippen LogP contribution in [0.25, 0.3) is 0 Å². The van der Waals surface area contributed by atoms with Crippen molar-refractivity contribution < 1.29 is 48.1 Å². The van der Waals surface area contributed by atoms with Gasteiger partial charge < -0.3 is 40.6 Å². The maximum atomic E-state index is 12.3. The third kappa shape index (κ3) is 17.2. The summed E-state index contributed by atoms with van der Waals surface area (Å²) >= 11 is 0. The highest BCUT2D eigenvalue weighted by atomic mass is 16.6. The zero-order chi connectivity index (χ0) is 26.1. The van der Waals surface area contributed by atoms with Crippen LogP contribution in [0.15, 0.2) is 0 Å². The Labute approximate surface area is 197 Å². The second-order valence-electron chi connectivity index (χ2n) is 7.94. The summed E-state index contributed by atoms with van der Waals surface area (Å²) in [4.78, 5) is 70.1. The van der Waals surface area contributed by atoms with Crippen LogP contribution in [-0.2, 0) is 38.2 Å². The first kappa shape index (κ1) is 30.6. The van der Waals surface area contributed by atoms with Gasteiger partial charge in [0.1, 0.15) is 18.2 Å². The fourth-order valence-electron chi connectivity index (χ4n) is 2.18. The topological polar surface area (TPSA) is 198 Å². The average molecular weight is 491 g/mol. The molecule has 0 saturated heterocycles. The maximum Gasteiger partial charge on any atom is 0.407 e. The number of hydrogen-bond donors (Lipinski definition) is 5. The zero-order valence-corrected chi connectivity index (χ0v) is 19.9. The summed E-state index contributed by atoms with van der Waals surface area (Å²) in [6.07, 6.45) is -1.65. The fraction of sp³-hybridized carbons (Fsp3) is 0.700. The number of hydrogen-bond acceptors (Lipinski definition) is 9. The zero-order valence-electron chi connectivity index (χ0n) is 19.9. The Morgan fingerprint density at radius 2 is 1.56 bits per heavy atom. The van der Waals surface area contributed by atoms with Gasteiger partial charge in [0.05, 0.1) is 26.0 Å². The predicted molar refractivity (Wildman–Crippen MR) is 117 cm³/mol. The molecule has 0 aliphatic rings. The molecule has 1 unspecified atom stereocenters. The maximum absolute atomic E-state index is 12.3. The van der Waals surface area contributed by atoms with E-state index in [0.29, 0.717) is 0 Å². The van der Waals surface area contributed by atoms with Crippen molar-refractivity contribution in [3.63, 3.8) is 0 Å². The Bertz CT molecular complexity index is 721. The Kier molecular flexibility index (Phi) is 14.6. The summed E-state index contributed by atoms with van der Waals surface area (Å²) in [6, 6.07) is -1.28. The van der Waals surface area contributed by atoms with Gasteiger partial charge in [-0.1, -0.05) is 0 Å². The van der Waals surface area contributed by atoms with Crippen LogP contribution in [0.4, 0.5) is 4.79 Å². The molecule has 0 bridgehead atoms. The highest BCUT2D eigenvalue weighted by molar-refractivity contribution is 5.90. The van der Waals surface area contributed by atoms with Gasteiger partial charge in [0.25, 0.3) is 0 Å². The summed E-state index contributed by atoms with van der Waals surface area (Å²) in [6.45, 7) is 4.21. The molecule has 0 saturated carbocycles. The van der Waals surface area contributed by atoms with Crippen molar-refractivity contribution in [2.45, 2.75) is 51.7 Å². The molecule has 0 aromatic rings. The Morgan fingerprint density at radius 3 is 2.15 bits per heavy atom. The average Bonchev–Trinajstić information content (AvgIpc) is 2.72. The van der Waals surface area contributed by atoms with Crippen LogP contribution in [0, 0.1) is 0 Å². The number of rotatable bonds is 15. The number of methoxy groups -OCH3 is 1. The van der Waals surface area contributed by atoms with Crippen molar-refractivity contribution in [3.8, 4) is 0 Å². The van der Waals surface area contributed by atoms with E-state index in [2.05, 4.69) is 21.3 Å². The summed E-state index contributed by atoms with van der Waals surface area (Å²) in [7, 11) is 1.43. The van der Waals surface area contributed by atoms with Crippen LogP contribution >= 0.6 is 0 Å². The number of amides is 4. The smallest absolute Gasteiger partial charge is 0.407 e. The molecule has 0 aromatic carbocycles. The molecule has 0 heterocycles. The van der Waals surface area contributed by atoms with Gasteiger partial charge in [-0.05, 0) is 20.8 Å². The standard InChI is InChI=1S/C20H34N4O10/c1-20(2,3)34-17(29)6-5-14(25)23-11-15(26)24-13(18(30)21-9-10-32-4)12-33-19(31)22-8-7-16(27)28/h13H,5-12H2,1-4H3,(H,21,30)(H,22,31)(H,23,25)(H,24,26)(H,27,28). The normalized spacial score (nSPS) is 11.5. The predicted octanol–water partition coefficient (Wildman–Crippen LogP) is -1.33. The van der Waals surface area contributed by atoms with E-state index < -0.39 is 60.5 Å². The van der Waals surface area contributed by atoms with Crippen molar-refractivity contribution >= 4 is 35.8 Å². The van der Waals surface area contributed by atoms with E-state index in [1.54, 1.807) is 20.8 Å². The fourth-order valence-corrected chi connectivity index (χ4v) is 2.18. The Balaban J connectivity index is 4.62. The molecule has 14 nitrogen and oxygen atoms in total. The lowest BCUT2D eigenvalue weighted by atomic mass is 10.2. The monoisotopic (exact) mass is 490 g/mol. The van der Waals surface area contributed by atoms with Crippen LogP contribution in [0.1, 0.15) is 40.0 Å². The first-order chi connectivity index (χ1) is 15.8. The van der Waals surface area contributed by atoms with Gasteiger partial charge in [-0.15, -0.1) is 0 Å². The minimum atomic E-state index is -1.28. The molecule has 4 amide bonds. The molecule has 0 spiro atoms. The van der Waals surface area contributed by atoms with Crippen molar-refractivity contribution in [2.75, 3.05) is 40.0 Å². The number of carbonyl (C=O) groups is 6. The molecule has 0 aromatic heterocycles. The van der Waals surface area contributed by atoms with Gasteiger partial charge in [0.15, 0.2) is 0 Å². The highest BCUT2D eigenvalue weighted by Gasteiger charge is 2.23. The molecule has 14 heteroatoms. The number of carboxylic acids is 1. The summed E-state index contributed by atoms with van der Waals surface area (Å²) < 4.78 is 14.8. The van der Waals surface area contributed by atoms with Gasteiger partial charge >= 0.3 is 18.0 Å². The van der Waals surface area contributed by atoms with Gasteiger partial charge in [0.2, 0.25) is 17.7 Å². The van der Waals surface area contributed by atoms with E-state index in [9.17, 15) is 28.8 Å².